The Morgan fingerprint density at radius 2 is 2.54 bits per heavy atom. The van der Waals surface area contributed by atoms with E-state index in [0.29, 0.717) is 6.54 Å². The normalized spacial score (nSPS) is 9.31. The van der Waals surface area contributed by atoms with Gasteiger partial charge < -0.3 is 0 Å². The third kappa shape index (κ3) is 3.67. The summed E-state index contributed by atoms with van der Waals surface area (Å²) in [6.45, 7) is 0.490. The van der Waals surface area contributed by atoms with Crippen LogP contribution in [0.15, 0.2) is 32.9 Å². The maximum absolute atomic E-state index is 8.04. The van der Waals surface area contributed by atoms with E-state index in [1.54, 1.807) is 18.0 Å². The molecule has 0 radical (unpaired) electrons. The minimum atomic E-state index is 0.490. The Kier molecular flexibility index (Phi) is 4.67. The van der Waals surface area contributed by atoms with Crippen LogP contribution in [0.4, 0.5) is 0 Å². The number of hydrogen-bond acceptors (Lipinski definition) is 3. The Hall–Kier alpha value is -0.710. The second-order valence-corrected chi connectivity index (χ2v) is 4.03. The van der Waals surface area contributed by atoms with Crippen LogP contribution in [0.25, 0.3) is 10.4 Å². The molecule has 0 atom stereocenters. The molecule has 0 aromatic carbocycles. The van der Waals surface area contributed by atoms with Crippen LogP contribution < -0.4 is 0 Å². The molecule has 0 aliphatic rings. The van der Waals surface area contributed by atoms with Gasteiger partial charge in [0.1, 0.15) is 5.03 Å². The van der Waals surface area contributed by atoms with Gasteiger partial charge in [0, 0.05) is 27.9 Å². The van der Waals surface area contributed by atoms with Crippen molar-refractivity contribution < 1.29 is 0 Å². The average molecular weight is 259 g/mol. The molecule has 0 fully saturated rings. The van der Waals surface area contributed by atoms with E-state index in [2.05, 4.69) is 30.9 Å². The lowest BCUT2D eigenvalue weighted by Crippen LogP contribution is -1.86. The fourth-order valence-corrected chi connectivity index (χ4v) is 2.01. The van der Waals surface area contributed by atoms with Gasteiger partial charge in [-0.1, -0.05) is 5.11 Å². The van der Waals surface area contributed by atoms with Crippen molar-refractivity contribution in [1.82, 2.24) is 4.98 Å². The zero-order valence-electron chi connectivity index (χ0n) is 6.72. The monoisotopic (exact) mass is 258 g/mol. The third-order valence-electron chi connectivity index (χ3n) is 1.22. The molecule has 0 unspecified atom stereocenters. The summed E-state index contributed by atoms with van der Waals surface area (Å²) in [5.74, 6) is 0.750. The van der Waals surface area contributed by atoms with E-state index in [1.165, 1.54) is 0 Å². The van der Waals surface area contributed by atoms with Gasteiger partial charge in [-0.2, -0.15) is 0 Å². The van der Waals surface area contributed by atoms with E-state index in [9.17, 15) is 0 Å². The summed E-state index contributed by atoms with van der Waals surface area (Å²) in [6.07, 6.45) is 1.74. The molecule has 1 rings (SSSR count). The maximum Gasteiger partial charge on any atom is 0.110 e. The number of hydrogen-bond donors (Lipinski definition) is 0. The zero-order chi connectivity index (χ0) is 9.52. The molecule has 0 spiro atoms. The first kappa shape index (κ1) is 10.4. The van der Waals surface area contributed by atoms with Crippen molar-refractivity contribution in [3.05, 3.63) is 33.2 Å². The first-order valence-corrected chi connectivity index (χ1v) is 5.36. The molecule has 4 nitrogen and oxygen atoms in total. The lowest BCUT2D eigenvalue weighted by atomic mass is 10.5. The molecule has 0 aliphatic carbocycles. The Balaban J connectivity index is 2.45. The van der Waals surface area contributed by atoms with Crippen LogP contribution in [0.2, 0.25) is 0 Å². The summed E-state index contributed by atoms with van der Waals surface area (Å²) in [7, 11) is 0. The van der Waals surface area contributed by atoms with Crippen molar-refractivity contribution in [2.24, 2.45) is 5.11 Å². The molecule has 0 saturated carbocycles. The number of aromatic nitrogens is 1. The second kappa shape index (κ2) is 5.85. The molecule has 0 aliphatic heterocycles. The van der Waals surface area contributed by atoms with E-state index < -0.39 is 0 Å². The number of rotatable bonds is 4. The molecule has 1 heterocycles. The van der Waals surface area contributed by atoms with Crippen LogP contribution in [-0.4, -0.2) is 17.3 Å². The topological polar surface area (TPSA) is 61.7 Å². The van der Waals surface area contributed by atoms with Crippen LogP contribution >= 0.6 is 27.7 Å². The van der Waals surface area contributed by atoms with Gasteiger partial charge in [0.2, 0.25) is 0 Å². The van der Waals surface area contributed by atoms with Crippen LogP contribution in [0.1, 0.15) is 0 Å². The van der Waals surface area contributed by atoms with Gasteiger partial charge in [0.05, 0.1) is 0 Å². The number of pyridine rings is 1. The Morgan fingerprint density at radius 3 is 3.23 bits per heavy atom. The van der Waals surface area contributed by atoms with Crippen molar-refractivity contribution in [2.75, 3.05) is 12.3 Å². The third-order valence-corrected chi connectivity index (χ3v) is 3.11. The van der Waals surface area contributed by atoms with Crippen molar-refractivity contribution in [3.63, 3.8) is 0 Å². The van der Waals surface area contributed by atoms with Crippen LogP contribution in [0.5, 0.6) is 0 Å². The van der Waals surface area contributed by atoms with Gasteiger partial charge in [-0.25, -0.2) is 4.98 Å². The van der Waals surface area contributed by atoms with Crippen LogP contribution in [0.3, 0.4) is 0 Å². The predicted octanol–water partition coefficient (Wildman–Crippen LogP) is 3.25. The van der Waals surface area contributed by atoms with E-state index >= 15 is 0 Å². The molecule has 1 aromatic heterocycles. The number of nitrogens with zero attached hydrogens (tertiary/aromatic N) is 4. The van der Waals surface area contributed by atoms with Gasteiger partial charge >= 0.3 is 0 Å². The average Bonchev–Trinajstić information content (AvgIpc) is 2.15. The summed E-state index contributed by atoms with van der Waals surface area (Å²) in [5, 5.41) is 4.36. The van der Waals surface area contributed by atoms with Gasteiger partial charge in [-0.15, -0.1) is 11.8 Å². The van der Waals surface area contributed by atoms with E-state index in [1.807, 2.05) is 12.1 Å². The number of thioether (sulfide) groups is 1. The van der Waals surface area contributed by atoms with Gasteiger partial charge in [-0.3, -0.25) is 0 Å². The highest BCUT2D eigenvalue weighted by Gasteiger charge is 1.98. The fourth-order valence-electron chi connectivity index (χ4n) is 0.705. The van der Waals surface area contributed by atoms with Crippen LogP contribution in [-0.2, 0) is 0 Å². The summed E-state index contributed by atoms with van der Waals surface area (Å²) in [6, 6.07) is 3.80. The van der Waals surface area contributed by atoms with E-state index in [4.69, 9.17) is 5.53 Å². The molecular weight excluding hydrogens is 252 g/mol. The lowest BCUT2D eigenvalue weighted by Gasteiger charge is -1.99. The Morgan fingerprint density at radius 1 is 1.69 bits per heavy atom. The summed E-state index contributed by atoms with van der Waals surface area (Å²) < 4.78 is 0.973. The second-order valence-electron chi connectivity index (χ2n) is 2.09. The standard InChI is InChI=1S/C7H7BrN4S/c8-6-2-1-3-10-7(6)13-5-4-11-12-9/h1-3H,4-5H2. The minimum Gasteiger partial charge on any atom is -0.249 e. The molecule has 68 valence electrons. The van der Waals surface area contributed by atoms with Gasteiger partial charge in [-0.05, 0) is 33.6 Å². The highest BCUT2D eigenvalue weighted by molar-refractivity contribution is 9.10. The number of azide groups is 1. The van der Waals surface area contributed by atoms with Crippen molar-refractivity contribution in [3.8, 4) is 0 Å². The highest BCUT2D eigenvalue weighted by Crippen LogP contribution is 2.23. The molecule has 1 aromatic rings. The minimum absolute atomic E-state index is 0.490. The number of halogens is 1. The van der Waals surface area contributed by atoms with Gasteiger partial charge in [0.25, 0.3) is 0 Å². The summed E-state index contributed by atoms with van der Waals surface area (Å²) in [5.41, 5.74) is 8.04. The van der Waals surface area contributed by atoms with Crippen LogP contribution in [0, 0.1) is 0 Å². The molecule has 0 saturated heterocycles. The van der Waals surface area contributed by atoms with Crippen molar-refractivity contribution in [2.45, 2.75) is 5.03 Å². The highest BCUT2D eigenvalue weighted by atomic mass is 79.9. The molecule has 6 heteroatoms. The largest absolute Gasteiger partial charge is 0.249 e. The van der Waals surface area contributed by atoms with E-state index in [-0.39, 0.29) is 0 Å². The molecule has 13 heavy (non-hydrogen) atoms. The first-order valence-electron chi connectivity index (χ1n) is 3.59. The predicted molar refractivity (Wildman–Crippen MR) is 56.7 cm³/mol. The Bertz CT molecular complexity index is 324. The lowest BCUT2D eigenvalue weighted by molar-refractivity contribution is 1.08. The Labute approximate surface area is 88.5 Å². The maximum atomic E-state index is 8.04. The zero-order valence-corrected chi connectivity index (χ0v) is 9.12. The molecular formula is C7H7BrN4S. The summed E-state index contributed by atoms with van der Waals surface area (Å²) >= 11 is 4.94. The SMILES string of the molecule is [N-]=[N+]=NCCSc1ncccc1Br. The van der Waals surface area contributed by atoms with Crippen molar-refractivity contribution >= 4 is 27.7 Å². The van der Waals surface area contributed by atoms with E-state index in [0.717, 1.165) is 15.3 Å². The van der Waals surface area contributed by atoms with Crippen molar-refractivity contribution in [1.29, 1.82) is 0 Å². The smallest absolute Gasteiger partial charge is 0.110 e. The first-order chi connectivity index (χ1) is 6.34. The molecule has 0 bridgehead atoms. The summed E-state index contributed by atoms with van der Waals surface area (Å²) in [4.78, 5) is 6.83. The fraction of sp³-hybridized carbons (Fsp3) is 0.286. The van der Waals surface area contributed by atoms with Gasteiger partial charge in [0.15, 0.2) is 0 Å². The molecule has 0 N–H and O–H groups in total. The quantitative estimate of drug-likeness (QED) is 0.274. The molecule has 0 amide bonds.